The SMILES string of the molecule is CCCC[Te]CCCCCCC(=O)OC. The summed E-state index contributed by atoms with van der Waals surface area (Å²) >= 11 is 0.326. The summed E-state index contributed by atoms with van der Waals surface area (Å²) in [5.74, 6) is -0.0632. The van der Waals surface area contributed by atoms with Crippen LogP contribution in [0.4, 0.5) is 0 Å². The summed E-state index contributed by atoms with van der Waals surface area (Å²) in [5, 5.41) is 0. The minimum atomic E-state index is -0.0632. The van der Waals surface area contributed by atoms with E-state index in [1.165, 1.54) is 48.2 Å². The molecule has 0 aromatic carbocycles. The third-order valence-electron chi connectivity index (χ3n) is 2.29. The number of carbonyl (C=O) groups is 1. The molecular weight excluding hydrogens is 304 g/mol. The van der Waals surface area contributed by atoms with Crippen LogP contribution in [0.25, 0.3) is 0 Å². The number of hydrogen-bond acceptors (Lipinski definition) is 2. The molecule has 0 heterocycles. The molecule has 0 saturated heterocycles. The van der Waals surface area contributed by atoms with Crippen LogP contribution in [0.1, 0.15) is 51.9 Å². The van der Waals surface area contributed by atoms with Gasteiger partial charge in [-0.2, -0.15) is 0 Å². The molecule has 0 aliphatic heterocycles. The van der Waals surface area contributed by atoms with Crippen molar-refractivity contribution in [3.8, 4) is 0 Å². The Labute approximate surface area is 104 Å². The van der Waals surface area contributed by atoms with E-state index in [4.69, 9.17) is 0 Å². The predicted molar refractivity (Wildman–Crippen MR) is 65.4 cm³/mol. The molecule has 0 radical (unpaired) electrons. The molecule has 2 nitrogen and oxygen atoms in total. The monoisotopic (exact) mass is 330 g/mol. The van der Waals surface area contributed by atoms with Crippen molar-refractivity contribution in [3.05, 3.63) is 0 Å². The first-order valence-corrected chi connectivity index (χ1v) is 9.25. The van der Waals surface area contributed by atoms with Crippen molar-refractivity contribution >= 4 is 26.9 Å². The number of ether oxygens (including phenoxy) is 1. The Morgan fingerprint density at radius 2 is 1.73 bits per heavy atom. The summed E-state index contributed by atoms with van der Waals surface area (Å²) in [6, 6.07) is 0. The molecule has 0 aliphatic rings. The summed E-state index contributed by atoms with van der Waals surface area (Å²) in [7, 11) is 1.46. The quantitative estimate of drug-likeness (QED) is 0.349. The van der Waals surface area contributed by atoms with E-state index >= 15 is 0 Å². The predicted octanol–water partition coefficient (Wildman–Crippen LogP) is 3.45. The number of carbonyl (C=O) groups excluding carboxylic acids is 1. The van der Waals surface area contributed by atoms with Crippen LogP contribution in [0, 0.1) is 0 Å². The van der Waals surface area contributed by atoms with Gasteiger partial charge in [0.15, 0.2) is 0 Å². The van der Waals surface area contributed by atoms with Gasteiger partial charge in [-0.3, -0.25) is 0 Å². The molecular formula is C12H24O2Te. The molecule has 0 aliphatic carbocycles. The van der Waals surface area contributed by atoms with Gasteiger partial charge in [-0.25, -0.2) is 0 Å². The molecule has 0 aromatic rings. The van der Waals surface area contributed by atoms with Crippen LogP contribution in [0.3, 0.4) is 0 Å². The average Bonchev–Trinajstić information content (AvgIpc) is 2.26. The molecule has 0 spiro atoms. The second-order valence-electron chi connectivity index (χ2n) is 3.71. The van der Waals surface area contributed by atoms with Crippen molar-refractivity contribution < 1.29 is 9.53 Å². The second-order valence-corrected chi connectivity index (χ2v) is 7.20. The topological polar surface area (TPSA) is 26.3 Å². The normalized spacial score (nSPS) is 10.3. The Morgan fingerprint density at radius 3 is 2.40 bits per heavy atom. The van der Waals surface area contributed by atoms with Gasteiger partial charge < -0.3 is 0 Å². The van der Waals surface area contributed by atoms with Crippen LogP contribution in [-0.2, 0) is 9.53 Å². The summed E-state index contributed by atoms with van der Waals surface area (Å²) in [6.07, 6.45) is 8.26. The first-order chi connectivity index (χ1) is 7.31. The van der Waals surface area contributed by atoms with Crippen molar-refractivity contribution in [1.82, 2.24) is 0 Å². The first-order valence-electron chi connectivity index (χ1n) is 5.95. The summed E-state index contributed by atoms with van der Waals surface area (Å²) in [5.41, 5.74) is 0. The van der Waals surface area contributed by atoms with Crippen LogP contribution in [0.15, 0.2) is 0 Å². The van der Waals surface area contributed by atoms with Crippen LogP contribution in [0.5, 0.6) is 0 Å². The van der Waals surface area contributed by atoms with Crippen molar-refractivity contribution in [2.24, 2.45) is 0 Å². The molecule has 0 N–H and O–H groups in total. The van der Waals surface area contributed by atoms with E-state index in [-0.39, 0.29) is 5.97 Å². The second kappa shape index (κ2) is 12.3. The van der Waals surface area contributed by atoms with E-state index < -0.39 is 0 Å². The number of methoxy groups -OCH3 is 1. The summed E-state index contributed by atoms with van der Waals surface area (Å²) in [6.45, 7) is 2.26. The van der Waals surface area contributed by atoms with Gasteiger partial charge in [-0.15, -0.1) is 0 Å². The van der Waals surface area contributed by atoms with Gasteiger partial charge in [0.2, 0.25) is 0 Å². The number of unbranched alkanes of at least 4 members (excludes halogenated alkanes) is 4. The van der Waals surface area contributed by atoms with Gasteiger partial charge in [0.25, 0.3) is 0 Å². The van der Waals surface area contributed by atoms with Crippen LogP contribution >= 0.6 is 0 Å². The van der Waals surface area contributed by atoms with Gasteiger partial charge in [-0.1, -0.05) is 0 Å². The van der Waals surface area contributed by atoms with Gasteiger partial charge >= 0.3 is 104 Å². The third-order valence-corrected chi connectivity index (χ3v) is 5.59. The Morgan fingerprint density at radius 1 is 1.07 bits per heavy atom. The summed E-state index contributed by atoms with van der Waals surface area (Å²) in [4.78, 5) is 10.8. The molecule has 0 bridgehead atoms. The number of esters is 1. The van der Waals surface area contributed by atoms with Crippen molar-refractivity contribution in [2.45, 2.75) is 60.8 Å². The number of rotatable bonds is 10. The summed E-state index contributed by atoms with van der Waals surface area (Å²) < 4.78 is 7.60. The van der Waals surface area contributed by atoms with Crippen LogP contribution in [0.2, 0.25) is 8.94 Å². The van der Waals surface area contributed by atoms with Gasteiger partial charge in [0.1, 0.15) is 0 Å². The molecule has 0 saturated carbocycles. The van der Waals surface area contributed by atoms with Crippen molar-refractivity contribution in [1.29, 1.82) is 0 Å². The van der Waals surface area contributed by atoms with E-state index in [9.17, 15) is 4.79 Å². The maximum absolute atomic E-state index is 10.8. The maximum atomic E-state index is 10.8. The standard InChI is InChI=1S/C12H24O2Te/c1-3-4-10-15-11-8-6-5-7-9-12(13)14-2/h3-11H2,1-2H3. The molecule has 90 valence electrons. The molecule has 0 unspecified atom stereocenters. The Balaban J connectivity index is 2.95. The fraction of sp³-hybridized carbons (Fsp3) is 0.917. The van der Waals surface area contributed by atoms with Crippen LogP contribution < -0.4 is 0 Å². The number of hydrogen-bond donors (Lipinski definition) is 0. The molecule has 3 heteroatoms. The van der Waals surface area contributed by atoms with E-state index in [1.807, 2.05) is 0 Å². The molecule has 0 aromatic heterocycles. The van der Waals surface area contributed by atoms with Crippen molar-refractivity contribution in [2.75, 3.05) is 7.11 Å². The van der Waals surface area contributed by atoms with E-state index in [1.54, 1.807) is 0 Å². The molecule has 0 fully saturated rings. The first kappa shape index (κ1) is 15.3. The zero-order valence-electron chi connectivity index (χ0n) is 10.1. The van der Waals surface area contributed by atoms with Gasteiger partial charge in [0.05, 0.1) is 0 Å². The molecule has 0 rings (SSSR count). The van der Waals surface area contributed by atoms with E-state index in [2.05, 4.69) is 11.7 Å². The Bertz CT molecular complexity index is 149. The van der Waals surface area contributed by atoms with Crippen molar-refractivity contribution in [3.63, 3.8) is 0 Å². The molecule has 0 amide bonds. The fourth-order valence-electron chi connectivity index (χ4n) is 1.28. The van der Waals surface area contributed by atoms with E-state index in [0.717, 1.165) is 6.42 Å². The molecule has 0 atom stereocenters. The Hall–Kier alpha value is 0.260. The van der Waals surface area contributed by atoms with E-state index in [0.29, 0.717) is 27.3 Å². The average molecular weight is 328 g/mol. The molecule has 15 heavy (non-hydrogen) atoms. The van der Waals surface area contributed by atoms with Gasteiger partial charge in [0, 0.05) is 0 Å². The zero-order valence-corrected chi connectivity index (χ0v) is 12.4. The minimum absolute atomic E-state index is 0.0632. The van der Waals surface area contributed by atoms with Crippen LogP contribution in [-0.4, -0.2) is 34.0 Å². The third kappa shape index (κ3) is 12.2. The zero-order chi connectivity index (χ0) is 11.4. The van der Waals surface area contributed by atoms with Gasteiger partial charge in [-0.05, 0) is 0 Å². The Kier molecular flexibility index (Phi) is 12.5. The fourth-order valence-corrected chi connectivity index (χ4v) is 4.43.